The topological polar surface area (TPSA) is 32.3 Å². The first kappa shape index (κ1) is 15.4. The molecule has 1 saturated carbocycles. The van der Waals surface area contributed by atoms with Gasteiger partial charge in [0.05, 0.1) is 6.10 Å². The average molecular weight is 275 g/mol. The molecule has 0 saturated heterocycles. The van der Waals surface area contributed by atoms with Crippen LogP contribution >= 0.6 is 0 Å². The van der Waals surface area contributed by atoms with Gasteiger partial charge in [-0.3, -0.25) is 0 Å². The SMILES string of the molecule is CC(O)c1ccccc1NC1CCCCC1C(C)(C)C. The van der Waals surface area contributed by atoms with Crippen molar-refractivity contribution in [3.63, 3.8) is 0 Å². The molecule has 0 heterocycles. The number of para-hydroxylation sites is 1. The van der Waals surface area contributed by atoms with E-state index in [1.807, 2.05) is 25.1 Å². The highest BCUT2D eigenvalue weighted by molar-refractivity contribution is 5.53. The van der Waals surface area contributed by atoms with Gasteiger partial charge in [-0.1, -0.05) is 51.8 Å². The lowest BCUT2D eigenvalue weighted by Crippen LogP contribution is -2.40. The third-order valence-corrected chi connectivity index (χ3v) is 4.63. The zero-order chi connectivity index (χ0) is 14.8. The maximum absolute atomic E-state index is 9.92. The molecule has 1 aliphatic rings. The minimum absolute atomic E-state index is 0.331. The molecule has 1 aromatic carbocycles. The molecule has 3 unspecified atom stereocenters. The summed E-state index contributed by atoms with van der Waals surface area (Å²) in [6.07, 6.45) is 4.77. The lowest BCUT2D eigenvalue weighted by atomic mass is 9.69. The van der Waals surface area contributed by atoms with Crippen LogP contribution < -0.4 is 5.32 Å². The summed E-state index contributed by atoms with van der Waals surface area (Å²) < 4.78 is 0. The quantitative estimate of drug-likeness (QED) is 0.834. The van der Waals surface area contributed by atoms with Gasteiger partial charge in [0.2, 0.25) is 0 Å². The van der Waals surface area contributed by atoms with Gasteiger partial charge in [-0.25, -0.2) is 0 Å². The summed E-state index contributed by atoms with van der Waals surface area (Å²) in [5.74, 6) is 0.693. The van der Waals surface area contributed by atoms with Gasteiger partial charge in [0.15, 0.2) is 0 Å². The van der Waals surface area contributed by atoms with E-state index in [9.17, 15) is 5.11 Å². The maximum atomic E-state index is 9.92. The van der Waals surface area contributed by atoms with Crippen LogP contribution in [0.15, 0.2) is 24.3 Å². The van der Waals surface area contributed by atoms with Crippen LogP contribution in [0.4, 0.5) is 5.69 Å². The Morgan fingerprint density at radius 3 is 2.45 bits per heavy atom. The van der Waals surface area contributed by atoms with E-state index in [4.69, 9.17) is 0 Å². The van der Waals surface area contributed by atoms with E-state index in [-0.39, 0.29) is 0 Å². The molecule has 2 rings (SSSR count). The maximum Gasteiger partial charge on any atom is 0.0781 e. The van der Waals surface area contributed by atoms with Crippen molar-refractivity contribution in [1.82, 2.24) is 0 Å². The second kappa shape index (κ2) is 6.17. The second-order valence-corrected chi connectivity index (χ2v) is 7.27. The molecule has 2 heteroatoms. The van der Waals surface area contributed by atoms with Crippen molar-refractivity contribution >= 4 is 5.69 Å². The van der Waals surface area contributed by atoms with Crippen molar-refractivity contribution in [3.05, 3.63) is 29.8 Å². The number of aliphatic hydroxyl groups excluding tert-OH is 1. The second-order valence-electron chi connectivity index (χ2n) is 7.27. The fraction of sp³-hybridized carbons (Fsp3) is 0.667. The molecule has 20 heavy (non-hydrogen) atoms. The predicted octanol–water partition coefficient (Wildman–Crippen LogP) is 4.76. The van der Waals surface area contributed by atoms with Gasteiger partial charge in [-0.15, -0.1) is 0 Å². The number of rotatable bonds is 3. The zero-order valence-corrected chi connectivity index (χ0v) is 13.3. The Kier molecular flexibility index (Phi) is 4.74. The summed E-state index contributed by atoms with van der Waals surface area (Å²) in [5, 5.41) is 13.6. The van der Waals surface area contributed by atoms with E-state index in [1.54, 1.807) is 0 Å². The van der Waals surface area contributed by atoms with Crippen molar-refractivity contribution in [2.24, 2.45) is 11.3 Å². The number of nitrogens with one attached hydrogen (secondary N) is 1. The summed E-state index contributed by atoms with van der Waals surface area (Å²) in [6.45, 7) is 8.87. The molecular weight excluding hydrogens is 246 g/mol. The van der Waals surface area contributed by atoms with Gasteiger partial charge in [0.25, 0.3) is 0 Å². The Hall–Kier alpha value is -1.02. The van der Waals surface area contributed by atoms with Crippen molar-refractivity contribution in [2.75, 3.05) is 5.32 Å². The molecule has 112 valence electrons. The summed E-state index contributed by atoms with van der Waals surface area (Å²) >= 11 is 0. The Balaban J connectivity index is 2.19. The lowest BCUT2D eigenvalue weighted by Gasteiger charge is -2.41. The fourth-order valence-corrected chi connectivity index (χ4v) is 3.53. The Labute approximate surface area is 123 Å². The van der Waals surface area contributed by atoms with Gasteiger partial charge < -0.3 is 10.4 Å². The molecule has 2 nitrogen and oxygen atoms in total. The number of hydrogen-bond acceptors (Lipinski definition) is 2. The third-order valence-electron chi connectivity index (χ3n) is 4.63. The standard InChI is InChI=1S/C18H29NO/c1-13(20)14-9-5-7-11-16(14)19-17-12-8-6-10-15(17)18(2,3)4/h5,7,9,11,13,15,17,19-20H,6,8,10,12H2,1-4H3. The van der Waals surface area contributed by atoms with E-state index in [2.05, 4.69) is 32.2 Å². The Morgan fingerprint density at radius 1 is 1.15 bits per heavy atom. The first-order valence-corrected chi connectivity index (χ1v) is 7.93. The van der Waals surface area contributed by atoms with Gasteiger partial charge in [0.1, 0.15) is 0 Å². The molecule has 0 aromatic heterocycles. The molecule has 3 atom stereocenters. The Bertz CT molecular complexity index is 433. The van der Waals surface area contributed by atoms with Gasteiger partial charge in [-0.05, 0) is 37.2 Å². The highest BCUT2D eigenvalue weighted by atomic mass is 16.3. The first-order chi connectivity index (χ1) is 9.39. The number of hydrogen-bond donors (Lipinski definition) is 2. The number of aliphatic hydroxyl groups is 1. The highest BCUT2D eigenvalue weighted by Crippen LogP contribution is 2.39. The van der Waals surface area contributed by atoms with Crippen LogP contribution in [0.25, 0.3) is 0 Å². The molecule has 0 bridgehead atoms. The third kappa shape index (κ3) is 3.54. The van der Waals surface area contributed by atoms with E-state index in [0.29, 0.717) is 17.4 Å². The molecule has 1 fully saturated rings. The van der Waals surface area contributed by atoms with Crippen molar-refractivity contribution in [3.8, 4) is 0 Å². The minimum Gasteiger partial charge on any atom is -0.389 e. The summed E-state index contributed by atoms with van der Waals surface area (Å²) in [5.41, 5.74) is 2.44. The first-order valence-electron chi connectivity index (χ1n) is 7.93. The van der Waals surface area contributed by atoms with Crippen molar-refractivity contribution < 1.29 is 5.11 Å². The van der Waals surface area contributed by atoms with E-state index < -0.39 is 6.10 Å². The minimum atomic E-state index is -0.421. The Morgan fingerprint density at radius 2 is 1.80 bits per heavy atom. The smallest absolute Gasteiger partial charge is 0.0781 e. The molecule has 0 amide bonds. The molecule has 0 aliphatic heterocycles. The van der Waals surface area contributed by atoms with Crippen LogP contribution in [-0.2, 0) is 0 Å². The van der Waals surface area contributed by atoms with Crippen molar-refractivity contribution in [1.29, 1.82) is 0 Å². The van der Waals surface area contributed by atoms with E-state index in [1.165, 1.54) is 25.7 Å². The van der Waals surface area contributed by atoms with Crippen molar-refractivity contribution in [2.45, 2.75) is 65.5 Å². The number of anilines is 1. The molecule has 0 radical (unpaired) electrons. The molecule has 2 N–H and O–H groups in total. The largest absolute Gasteiger partial charge is 0.389 e. The van der Waals surface area contributed by atoms with E-state index in [0.717, 1.165) is 11.3 Å². The fourth-order valence-electron chi connectivity index (χ4n) is 3.53. The van der Waals surface area contributed by atoms with Gasteiger partial charge in [-0.2, -0.15) is 0 Å². The van der Waals surface area contributed by atoms with Gasteiger partial charge >= 0.3 is 0 Å². The summed E-state index contributed by atoms with van der Waals surface area (Å²) in [4.78, 5) is 0. The van der Waals surface area contributed by atoms with E-state index >= 15 is 0 Å². The summed E-state index contributed by atoms with van der Waals surface area (Å²) in [7, 11) is 0. The van der Waals surface area contributed by atoms with Crippen LogP contribution in [0.3, 0.4) is 0 Å². The summed E-state index contributed by atoms with van der Waals surface area (Å²) in [6, 6.07) is 8.67. The van der Waals surface area contributed by atoms with Crippen LogP contribution in [0.5, 0.6) is 0 Å². The van der Waals surface area contributed by atoms with Crippen LogP contribution in [0.1, 0.15) is 65.0 Å². The van der Waals surface area contributed by atoms with Crippen LogP contribution in [0, 0.1) is 11.3 Å². The predicted molar refractivity (Wildman–Crippen MR) is 85.9 cm³/mol. The monoisotopic (exact) mass is 275 g/mol. The van der Waals surface area contributed by atoms with Gasteiger partial charge in [0, 0.05) is 17.3 Å². The highest BCUT2D eigenvalue weighted by Gasteiger charge is 2.34. The normalized spacial score (nSPS) is 25.2. The lowest BCUT2D eigenvalue weighted by molar-refractivity contribution is 0.162. The van der Waals surface area contributed by atoms with Crippen LogP contribution in [-0.4, -0.2) is 11.1 Å². The van der Waals surface area contributed by atoms with Crippen LogP contribution in [0.2, 0.25) is 0 Å². The number of benzene rings is 1. The molecule has 1 aliphatic carbocycles. The zero-order valence-electron chi connectivity index (χ0n) is 13.3. The molecule has 1 aromatic rings. The molecule has 0 spiro atoms. The molecular formula is C18H29NO. The average Bonchev–Trinajstić information content (AvgIpc) is 2.38.